The van der Waals surface area contributed by atoms with Crippen LogP contribution in [-0.2, 0) is 4.79 Å². The van der Waals surface area contributed by atoms with Gasteiger partial charge in [-0.3, -0.25) is 9.48 Å². The molecule has 0 spiro atoms. The van der Waals surface area contributed by atoms with Crippen LogP contribution in [0.4, 0.5) is 0 Å². The lowest BCUT2D eigenvalue weighted by Gasteiger charge is -2.57. The van der Waals surface area contributed by atoms with Crippen LogP contribution in [0.2, 0.25) is 0 Å². The summed E-state index contributed by atoms with van der Waals surface area (Å²) in [4.78, 5) is 23.4. The summed E-state index contributed by atoms with van der Waals surface area (Å²) in [5.41, 5.74) is 0.274. The fourth-order valence-corrected chi connectivity index (χ4v) is 5.72. The molecule has 130 valence electrons. The number of nitrogens with one attached hydrogen (secondary N) is 1. The highest BCUT2D eigenvalue weighted by atomic mass is 16.4. The third-order valence-corrected chi connectivity index (χ3v) is 6.41. The molecule has 4 saturated carbocycles. The number of carbonyl (C=O) groups is 2. The quantitative estimate of drug-likeness (QED) is 0.868. The Labute approximate surface area is 141 Å². The van der Waals surface area contributed by atoms with Crippen molar-refractivity contribution in [1.29, 1.82) is 0 Å². The van der Waals surface area contributed by atoms with E-state index in [4.69, 9.17) is 5.11 Å². The molecule has 0 radical (unpaired) electrons. The first-order valence-corrected chi connectivity index (χ1v) is 9.00. The maximum absolute atomic E-state index is 12.5. The minimum absolute atomic E-state index is 0.0317. The fourth-order valence-electron chi connectivity index (χ4n) is 5.72. The first kappa shape index (κ1) is 15.7. The smallest absolute Gasteiger partial charge is 0.356 e. The van der Waals surface area contributed by atoms with E-state index in [0.717, 1.165) is 24.3 Å². The van der Waals surface area contributed by atoms with Crippen LogP contribution in [0.25, 0.3) is 0 Å². The Morgan fingerprint density at radius 3 is 2.38 bits per heavy atom. The first-order valence-electron chi connectivity index (χ1n) is 9.00. The number of nitrogens with zero attached hydrogens (tertiary/aromatic N) is 2. The van der Waals surface area contributed by atoms with E-state index in [2.05, 4.69) is 10.4 Å². The van der Waals surface area contributed by atoms with Crippen LogP contribution in [0.1, 0.15) is 62.0 Å². The molecule has 5 rings (SSSR count). The van der Waals surface area contributed by atoms with Gasteiger partial charge >= 0.3 is 5.97 Å². The largest absolute Gasteiger partial charge is 0.476 e. The van der Waals surface area contributed by atoms with E-state index in [-0.39, 0.29) is 11.6 Å². The van der Waals surface area contributed by atoms with E-state index >= 15 is 0 Å². The summed E-state index contributed by atoms with van der Waals surface area (Å²) in [7, 11) is 0. The van der Waals surface area contributed by atoms with Crippen molar-refractivity contribution in [2.75, 3.05) is 6.54 Å². The topological polar surface area (TPSA) is 84.2 Å². The van der Waals surface area contributed by atoms with Gasteiger partial charge in [0.1, 0.15) is 6.04 Å². The van der Waals surface area contributed by atoms with Crippen molar-refractivity contribution in [1.82, 2.24) is 15.1 Å². The van der Waals surface area contributed by atoms with Gasteiger partial charge in [0.15, 0.2) is 5.69 Å². The number of carboxylic acid groups (broad SMARTS) is 1. The van der Waals surface area contributed by atoms with Crippen molar-refractivity contribution in [2.45, 2.75) is 51.5 Å². The van der Waals surface area contributed by atoms with Gasteiger partial charge in [-0.1, -0.05) is 0 Å². The molecule has 0 saturated heterocycles. The maximum atomic E-state index is 12.5. The molecule has 6 heteroatoms. The van der Waals surface area contributed by atoms with E-state index < -0.39 is 12.0 Å². The molecule has 1 aromatic heterocycles. The van der Waals surface area contributed by atoms with Crippen molar-refractivity contribution >= 4 is 11.9 Å². The summed E-state index contributed by atoms with van der Waals surface area (Å²) in [6.45, 7) is 2.51. The van der Waals surface area contributed by atoms with Crippen molar-refractivity contribution in [3.63, 3.8) is 0 Å². The molecule has 1 atom stereocenters. The van der Waals surface area contributed by atoms with E-state index in [1.807, 2.05) is 0 Å². The highest BCUT2D eigenvalue weighted by Crippen LogP contribution is 2.59. The third kappa shape index (κ3) is 2.72. The Kier molecular flexibility index (Phi) is 3.66. The van der Waals surface area contributed by atoms with Crippen LogP contribution < -0.4 is 5.32 Å². The van der Waals surface area contributed by atoms with Gasteiger partial charge < -0.3 is 10.4 Å². The monoisotopic (exact) mass is 331 g/mol. The zero-order valence-electron chi connectivity index (χ0n) is 14.1. The molecule has 0 aromatic carbocycles. The van der Waals surface area contributed by atoms with Crippen LogP contribution in [0.3, 0.4) is 0 Å². The van der Waals surface area contributed by atoms with Gasteiger partial charge in [0.2, 0.25) is 5.91 Å². The molecule has 1 amide bonds. The SMILES string of the molecule is CC(C(=O)NCC12CC3CC(CC(C3)C1)C2)n1ccc(C(=O)O)n1. The number of carboxylic acids is 1. The summed E-state index contributed by atoms with van der Waals surface area (Å²) in [5, 5.41) is 16.0. The molecule has 4 aliphatic rings. The highest BCUT2D eigenvalue weighted by Gasteiger charge is 2.50. The lowest BCUT2D eigenvalue weighted by atomic mass is 9.49. The zero-order chi connectivity index (χ0) is 16.9. The Morgan fingerprint density at radius 2 is 1.88 bits per heavy atom. The molecule has 1 unspecified atom stereocenters. The zero-order valence-corrected chi connectivity index (χ0v) is 14.1. The number of hydrogen-bond donors (Lipinski definition) is 2. The highest BCUT2D eigenvalue weighted by molar-refractivity contribution is 5.85. The molecule has 0 aliphatic heterocycles. The minimum atomic E-state index is -1.07. The Hall–Kier alpha value is -1.85. The number of carbonyl (C=O) groups excluding carboxylic acids is 1. The third-order valence-electron chi connectivity index (χ3n) is 6.41. The summed E-state index contributed by atoms with van der Waals surface area (Å²) < 4.78 is 1.43. The number of hydrogen-bond acceptors (Lipinski definition) is 3. The van der Waals surface area contributed by atoms with Gasteiger partial charge in [0.05, 0.1) is 0 Å². The summed E-state index contributed by atoms with van der Waals surface area (Å²) in [6, 6.07) is 0.928. The Balaban J connectivity index is 1.38. The predicted molar refractivity (Wildman–Crippen MR) is 87.5 cm³/mol. The van der Waals surface area contributed by atoms with Crippen LogP contribution in [0, 0.1) is 23.2 Å². The Bertz CT molecular complexity index is 631. The molecular weight excluding hydrogens is 306 g/mol. The molecular formula is C18H25N3O3. The molecule has 6 nitrogen and oxygen atoms in total. The second-order valence-electron chi connectivity index (χ2n) is 8.30. The molecule has 1 heterocycles. The maximum Gasteiger partial charge on any atom is 0.356 e. The standard InChI is InChI=1S/C18H25N3O3/c1-11(21-3-2-15(20-21)17(23)24)16(22)19-10-18-7-12-4-13(8-18)6-14(5-12)9-18/h2-3,11-14H,4-10H2,1H3,(H,19,22)(H,23,24). The summed E-state index contributed by atoms with van der Waals surface area (Å²) in [6.07, 6.45) is 9.53. The van der Waals surface area contributed by atoms with E-state index in [9.17, 15) is 9.59 Å². The van der Waals surface area contributed by atoms with Crippen molar-refractivity contribution in [3.05, 3.63) is 18.0 Å². The summed E-state index contributed by atoms with van der Waals surface area (Å²) >= 11 is 0. The molecule has 4 bridgehead atoms. The average Bonchev–Trinajstić information content (AvgIpc) is 3.01. The summed E-state index contributed by atoms with van der Waals surface area (Å²) in [5.74, 6) is 1.46. The van der Waals surface area contributed by atoms with Crippen LogP contribution in [-0.4, -0.2) is 33.3 Å². The fraction of sp³-hybridized carbons (Fsp3) is 0.722. The van der Waals surface area contributed by atoms with Crippen LogP contribution in [0.15, 0.2) is 12.3 Å². The van der Waals surface area contributed by atoms with Gasteiger partial charge in [-0.25, -0.2) is 4.79 Å². The van der Waals surface area contributed by atoms with Gasteiger partial charge in [-0.05, 0) is 74.7 Å². The van der Waals surface area contributed by atoms with Crippen molar-refractivity contribution in [3.8, 4) is 0 Å². The molecule has 2 N–H and O–H groups in total. The van der Waals surface area contributed by atoms with Crippen molar-refractivity contribution < 1.29 is 14.7 Å². The van der Waals surface area contributed by atoms with E-state index in [1.54, 1.807) is 13.1 Å². The Morgan fingerprint density at radius 1 is 1.29 bits per heavy atom. The van der Waals surface area contributed by atoms with Gasteiger partial charge in [0, 0.05) is 12.7 Å². The molecule has 4 aliphatic carbocycles. The number of aromatic carboxylic acids is 1. The number of rotatable bonds is 5. The molecule has 4 fully saturated rings. The molecule has 24 heavy (non-hydrogen) atoms. The van der Waals surface area contributed by atoms with E-state index in [0.29, 0.717) is 5.41 Å². The second kappa shape index (κ2) is 5.60. The van der Waals surface area contributed by atoms with Crippen LogP contribution >= 0.6 is 0 Å². The lowest BCUT2D eigenvalue weighted by molar-refractivity contribution is -0.126. The van der Waals surface area contributed by atoms with Crippen LogP contribution in [0.5, 0.6) is 0 Å². The van der Waals surface area contributed by atoms with Gasteiger partial charge in [-0.15, -0.1) is 0 Å². The van der Waals surface area contributed by atoms with Gasteiger partial charge in [-0.2, -0.15) is 5.10 Å². The predicted octanol–water partition coefficient (Wildman–Crippen LogP) is 2.47. The number of aromatic nitrogens is 2. The lowest BCUT2D eigenvalue weighted by Crippen LogP contribution is -2.51. The molecule has 1 aromatic rings. The van der Waals surface area contributed by atoms with Crippen molar-refractivity contribution in [2.24, 2.45) is 23.2 Å². The second-order valence-corrected chi connectivity index (χ2v) is 8.30. The average molecular weight is 331 g/mol. The number of amides is 1. The normalized spacial score (nSPS) is 35.0. The van der Waals surface area contributed by atoms with Gasteiger partial charge in [0.25, 0.3) is 0 Å². The van der Waals surface area contributed by atoms with E-state index in [1.165, 1.54) is 49.3 Å². The first-order chi connectivity index (χ1) is 11.4. The minimum Gasteiger partial charge on any atom is -0.476 e.